The third-order valence-corrected chi connectivity index (χ3v) is 6.22. The molecule has 0 aromatic heterocycles. The van der Waals surface area contributed by atoms with Gasteiger partial charge >= 0.3 is 5.97 Å². The maximum Gasteiger partial charge on any atom is 0.315 e. The number of carbonyl (C=O) groups is 2. The molecule has 3 rings (SSSR count). The molecule has 7 heteroatoms. The summed E-state index contributed by atoms with van der Waals surface area (Å²) < 4.78 is 10.8. The van der Waals surface area contributed by atoms with Gasteiger partial charge in [0.2, 0.25) is 0 Å². The van der Waals surface area contributed by atoms with Crippen molar-refractivity contribution in [3.63, 3.8) is 0 Å². The highest BCUT2D eigenvalue weighted by Crippen LogP contribution is 2.49. The number of phenols is 1. The maximum atomic E-state index is 13.3. The molecule has 0 fully saturated rings. The Labute approximate surface area is 188 Å². The first-order valence-corrected chi connectivity index (χ1v) is 11.0. The van der Waals surface area contributed by atoms with Crippen LogP contribution in [0.4, 0.5) is 0 Å². The zero-order chi connectivity index (χ0) is 22.9. The molecule has 2 atom stereocenters. The Morgan fingerprint density at radius 3 is 2.68 bits per heavy atom. The largest absolute Gasteiger partial charge is 0.503 e. The predicted octanol–water partition coefficient (Wildman–Crippen LogP) is 5.22. The van der Waals surface area contributed by atoms with E-state index in [0.29, 0.717) is 42.0 Å². The van der Waals surface area contributed by atoms with Crippen molar-refractivity contribution < 1.29 is 24.2 Å². The van der Waals surface area contributed by atoms with Crippen LogP contribution in [-0.4, -0.2) is 36.3 Å². The van der Waals surface area contributed by atoms with Gasteiger partial charge in [-0.25, -0.2) is 0 Å². The van der Waals surface area contributed by atoms with E-state index in [-0.39, 0.29) is 27.7 Å². The minimum absolute atomic E-state index is 0.0259. The van der Waals surface area contributed by atoms with Gasteiger partial charge in [-0.05, 0) is 42.9 Å². The molecular formula is C24H30ClNO5. The molecule has 2 aliphatic rings. The van der Waals surface area contributed by atoms with Crippen molar-refractivity contribution in [2.24, 2.45) is 16.3 Å². The molecule has 1 unspecified atom stereocenters. The summed E-state index contributed by atoms with van der Waals surface area (Å²) in [5.74, 6) is -1.77. The topological polar surface area (TPSA) is 85.2 Å². The van der Waals surface area contributed by atoms with Crippen LogP contribution < -0.4 is 4.74 Å². The second kappa shape index (κ2) is 9.03. The predicted molar refractivity (Wildman–Crippen MR) is 120 cm³/mol. The van der Waals surface area contributed by atoms with Gasteiger partial charge in [0.25, 0.3) is 0 Å². The van der Waals surface area contributed by atoms with Gasteiger partial charge in [-0.1, -0.05) is 38.8 Å². The Bertz CT molecular complexity index is 963. The van der Waals surface area contributed by atoms with Crippen molar-refractivity contribution in [2.75, 3.05) is 13.7 Å². The summed E-state index contributed by atoms with van der Waals surface area (Å²) in [6, 6.07) is 3.22. The lowest BCUT2D eigenvalue weighted by Crippen LogP contribution is -2.39. The van der Waals surface area contributed by atoms with E-state index in [4.69, 9.17) is 26.1 Å². The van der Waals surface area contributed by atoms with Gasteiger partial charge in [-0.2, -0.15) is 0 Å². The summed E-state index contributed by atoms with van der Waals surface area (Å²) in [6.45, 7) is 8.22. The van der Waals surface area contributed by atoms with E-state index in [1.165, 1.54) is 7.11 Å². The molecule has 1 aliphatic heterocycles. The minimum atomic E-state index is -0.744. The quantitative estimate of drug-likeness (QED) is 0.477. The van der Waals surface area contributed by atoms with Gasteiger partial charge < -0.3 is 14.6 Å². The fraction of sp³-hybridized carbons (Fsp3) is 0.542. The Kier molecular flexibility index (Phi) is 6.79. The van der Waals surface area contributed by atoms with E-state index in [1.807, 2.05) is 20.8 Å². The smallest absolute Gasteiger partial charge is 0.315 e. The number of ketones is 1. The van der Waals surface area contributed by atoms with E-state index in [0.717, 1.165) is 12.8 Å². The maximum absolute atomic E-state index is 13.3. The molecule has 1 aliphatic carbocycles. The van der Waals surface area contributed by atoms with Crippen LogP contribution in [0.25, 0.3) is 0 Å². The second-order valence-corrected chi connectivity index (χ2v) is 9.49. The summed E-state index contributed by atoms with van der Waals surface area (Å²) in [4.78, 5) is 31.1. The second-order valence-electron chi connectivity index (χ2n) is 9.08. The monoisotopic (exact) mass is 447 g/mol. The average molecular weight is 448 g/mol. The van der Waals surface area contributed by atoms with E-state index in [2.05, 4.69) is 0 Å². The molecule has 0 spiro atoms. The first-order chi connectivity index (χ1) is 14.6. The molecule has 1 N–H and O–H groups in total. The number of esters is 1. The number of nitrogens with zero attached hydrogens (tertiary/aromatic N) is 1. The van der Waals surface area contributed by atoms with Crippen LogP contribution in [0.15, 0.2) is 28.4 Å². The first kappa shape index (κ1) is 23.3. The Hall–Kier alpha value is -2.34. The molecule has 1 aromatic carbocycles. The highest BCUT2D eigenvalue weighted by molar-refractivity contribution is 6.32. The molecule has 168 valence electrons. The van der Waals surface area contributed by atoms with Gasteiger partial charge in [0, 0.05) is 29.3 Å². The third-order valence-electron chi connectivity index (χ3n) is 5.93. The van der Waals surface area contributed by atoms with E-state index < -0.39 is 17.8 Å². The van der Waals surface area contributed by atoms with E-state index in [1.54, 1.807) is 19.1 Å². The molecule has 1 aromatic rings. The highest BCUT2D eigenvalue weighted by Gasteiger charge is 2.46. The number of aliphatic imine (C=N–C) groups is 1. The van der Waals surface area contributed by atoms with Crippen molar-refractivity contribution in [2.45, 2.75) is 59.3 Å². The third kappa shape index (κ3) is 4.64. The lowest BCUT2D eigenvalue weighted by atomic mass is 9.67. The number of benzene rings is 1. The Morgan fingerprint density at radius 1 is 1.32 bits per heavy atom. The number of halogens is 1. The van der Waals surface area contributed by atoms with Crippen LogP contribution in [-0.2, 0) is 14.3 Å². The first-order valence-electron chi connectivity index (χ1n) is 10.6. The van der Waals surface area contributed by atoms with E-state index >= 15 is 0 Å². The van der Waals surface area contributed by atoms with Gasteiger partial charge in [0.1, 0.15) is 5.92 Å². The van der Waals surface area contributed by atoms with Gasteiger partial charge in [-0.3, -0.25) is 14.6 Å². The number of allylic oxidation sites excluding steroid dienone is 2. The van der Waals surface area contributed by atoms with Crippen molar-refractivity contribution in [1.29, 1.82) is 0 Å². The highest BCUT2D eigenvalue weighted by atomic mass is 35.5. The van der Waals surface area contributed by atoms with Crippen LogP contribution >= 0.6 is 11.6 Å². The number of phenolic OH excluding ortho intramolecular Hbond substituents is 1. The van der Waals surface area contributed by atoms with Crippen molar-refractivity contribution in [3.8, 4) is 11.5 Å². The molecular weight excluding hydrogens is 418 g/mol. The lowest BCUT2D eigenvalue weighted by molar-refractivity contribution is -0.146. The molecule has 1 heterocycles. The fourth-order valence-electron chi connectivity index (χ4n) is 4.45. The van der Waals surface area contributed by atoms with Gasteiger partial charge in [0.05, 0.1) is 18.7 Å². The molecule has 6 nitrogen and oxygen atoms in total. The number of hydrogen-bond donors (Lipinski definition) is 1. The number of hydrogen-bond acceptors (Lipinski definition) is 6. The number of unbranched alkanes of at least 4 members (excludes halogenated alkanes) is 1. The SMILES string of the molecule is CCCCOC(=O)C1C(C)=NC2=C(C(=O)CC(C)(C)C2)[C@@H]1c1cc(Cl)c(O)c(OC)c1. The molecule has 0 bridgehead atoms. The zero-order valence-corrected chi connectivity index (χ0v) is 19.5. The molecule has 0 saturated heterocycles. The molecule has 0 amide bonds. The van der Waals surface area contributed by atoms with Crippen LogP contribution in [0.5, 0.6) is 11.5 Å². The van der Waals surface area contributed by atoms with Crippen LogP contribution in [0.1, 0.15) is 64.9 Å². The number of aromatic hydroxyl groups is 1. The molecule has 0 radical (unpaired) electrons. The van der Waals surface area contributed by atoms with Crippen molar-refractivity contribution in [3.05, 3.63) is 34.0 Å². The number of Topliss-reactive ketones (excluding diaryl/α,β-unsaturated/α-hetero) is 1. The summed E-state index contributed by atoms with van der Waals surface area (Å²) in [5.41, 5.74) is 2.27. The fourth-order valence-corrected chi connectivity index (χ4v) is 4.67. The molecule has 31 heavy (non-hydrogen) atoms. The number of rotatable bonds is 6. The van der Waals surface area contributed by atoms with Crippen LogP contribution in [0, 0.1) is 11.3 Å². The van der Waals surface area contributed by atoms with Crippen LogP contribution in [0.3, 0.4) is 0 Å². The van der Waals surface area contributed by atoms with Crippen molar-refractivity contribution >= 4 is 29.1 Å². The van der Waals surface area contributed by atoms with Gasteiger partial charge in [-0.15, -0.1) is 0 Å². The summed E-state index contributed by atoms with van der Waals surface area (Å²) in [6.07, 6.45) is 2.68. The van der Waals surface area contributed by atoms with Crippen molar-refractivity contribution in [1.82, 2.24) is 0 Å². The number of carbonyl (C=O) groups excluding carboxylic acids is 2. The van der Waals surface area contributed by atoms with Crippen LogP contribution in [0.2, 0.25) is 5.02 Å². The summed E-state index contributed by atoms with van der Waals surface area (Å²) in [5, 5.41) is 10.3. The standard InChI is InChI=1S/C24H30ClNO5/c1-6-7-8-31-23(29)19-13(2)26-16-11-24(3,4)12-17(27)21(16)20(19)14-9-15(25)22(28)18(10-14)30-5/h9-10,19-20,28H,6-8,11-12H2,1-5H3/t19?,20-/m1/s1. The Balaban J connectivity index is 2.16. The number of methoxy groups -OCH3 is 1. The van der Waals surface area contributed by atoms with E-state index in [9.17, 15) is 14.7 Å². The molecule has 0 saturated carbocycles. The zero-order valence-electron chi connectivity index (χ0n) is 18.8. The number of ether oxygens (including phenoxy) is 2. The Morgan fingerprint density at radius 2 is 2.03 bits per heavy atom. The normalized spacial score (nSPS) is 22.6. The lowest BCUT2D eigenvalue weighted by Gasteiger charge is -2.39. The van der Waals surface area contributed by atoms with Gasteiger partial charge in [0.15, 0.2) is 17.3 Å². The average Bonchev–Trinajstić information content (AvgIpc) is 2.68. The summed E-state index contributed by atoms with van der Waals surface area (Å²) in [7, 11) is 1.43. The summed E-state index contributed by atoms with van der Waals surface area (Å²) >= 11 is 6.26. The minimum Gasteiger partial charge on any atom is -0.503 e.